The summed E-state index contributed by atoms with van der Waals surface area (Å²) < 4.78 is 6.70. The van der Waals surface area contributed by atoms with Gasteiger partial charge in [-0.3, -0.25) is 9.59 Å². The van der Waals surface area contributed by atoms with Crippen LogP contribution in [0, 0.1) is 18.3 Å². The number of aryl methyl sites for hydroxylation is 1. The van der Waals surface area contributed by atoms with Crippen LogP contribution < -0.4 is 10.9 Å². The average Bonchev–Trinajstić information content (AvgIpc) is 3.39. The second-order valence-electron chi connectivity index (χ2n) is 8.09. The van der Waals surface area contributed by atoms with Crippen LogP contribution in [0.25, 0.3) is 39.0 Å². The summed E-state index contributed by atoms with van der Waals surface area (Å²) in [5.41, 5.74) is 3.76. The van der Waals surface area contributed by atoms with Crippen LogP contribution in [0.1, 0.15) is 18.1 Å². The number of benzene rings is 3. The van der Waals surface area contributed by atoms with Crippen LogP contribution in [-0.2, 0) is 4.79 Å². The highest BCUT2D eigenvalue weighted by atomic mass is 16.3. The van der Waals surface area contributed by atoms with Gasteiger partial charge in [0, 0.05) is 29.1 Å². The quantitative estimate of drug-likeness (QED) is 0.409. The van der Waals surface area contributed by atoms with E-state index in [-0.39, 0.29) is 22.7 Å². The Hall–Kier alpha value is -5.03. The van der Waals surface area contributed by atoms with Gasteiger partial charge in [-0.1, -0.05) is 18.2 Å². The van der Waals surface area contributed by atoms with Crippen molar-refractivity contribution >= 4 is 22.4 Å². The number of hydrogen-bond donors (Lipinski definition) is 1. The monoisotopic (exact) mass is 461 g/mol. The molecule has 170 valence electrons. The summed E-state index contributed by atoms with van der Waals surface area (Å²) in [5.74, 6) is 0.349. The summed E-state index contributed by atoms with van der Waals surface area (Å²) in [6.07, 6.45) is 3.01. The molecule has 0 atom stereocenters. The minimum Gasteiger partial charge on any atom is -0.444 e. The third kappa shape index (κ3) is 4.07. The first kappa shape index (κ1) is 21.8. The number of fused-ring (bicyclic) bond motifs is 1. The summed E-state index contributed by atoms with van der Waals surface area (Å²) in [4.78, 5) is 29.1. The Morgan fingerprint density at radius 1 is 1.06 bits per heavy atom. The smallest absolute Gasteiger partial charge is 0.279 e. The summed E-state index contributed by atoms with van der Waals surface area (Å²) in [7, 11) is 0. The fourth-order valence-corrected chi connectivity index (χ4v) is 4.07. The van der Waals surface area contributed by atoms with Gasteiger partial charge >= 0.3 is 0 Å². The molecule has 0 bridgehead atoms. The maximum Gasteiger partial charge on any atom is 0.279 e. The molecule has 0 saturated heterocycles. The third-order valence-electron chi connectivity index (χ3n) is 5.54. The predicted octanol–water partition coefficient (Wildman–Crippen LogP) is 4.85. The van der Waals surface area contributed by atoms with E-state index in [4.69, 9.17) is 9.52 Å². The number of hydrogen-bond acceptors (Lipinski definition) is 6. The molecular weight excluding hydrogens is 442 g/mol. The van der Waals surface area contributed by atoms with E-state index < -0.39 is 0 Å². The number of oxazole rings is 1. The van der Waals surface area contributed by atoms with Crippen molar-refractivity contribution in [2.45, 2.75) is 13.8 Å². The van der Waals surface area contributed by atoms with Crippen molar-refractivity contribution in [2.24, 2.45) is 0 Å². The largest absolute Gasteiger partial charge is 0.444 e. The summed E-state index contributed by atoms with van der Waals surface area (Å²) in [6, 6.07) is 19.9. The Balaban J connectivity index is 1.81. The fraction of sp³-hybridized carbons (Fsp3) is 0.0741. The van der Waals surface area contributed by atoms with Crippen LogP contribution >= 0.6 is 0 Å². The van der Waals surface area contributed by atoms with Crippen LogP contribution in [0.5, 0.6) is 0 Å². The number of rotatable bonds is 4. The zero-order valence-electron chi connectivity index (χ0n) is 18.9. The first-order valence-corrected chi connectivity index (χ1v) is 10.8. The molecule has 0 radical (unpaired) electrons. The van der Waals surface area contributed by atoms with Crippen molar-refractivity contribution in [2.75, 3.05) is 5.32 Å². The van der Waals surface area contributed by atoms with Gasteiger partial charge in [0.05, 0.1) is 28.5 Å². The minimum atomic E-state index is -0.371. The molecule has 1 N–H and O–H groups in total. The van der Waals surface area contributed by atoms with E-state index in [1.54, 1.807) is 36.5 Å². The number of nitrogens with zero attached hydrogens (tertiary/aromatic N) is 4. The lowest BCUT2D eigenvalue weighted by atomic mass is 9.99. The molecule has 35 heavy (non-hydrogen) atoms. The fourth-order valence-electron chi connectivity index (χ4n) is 4.07. The number of nitriles is 1. The van der Waals surface area contributed by atoms with Crippen molar-refractivity contribution in [3.05, 3.63) is 94.7 Å². The van der Waals surface area contributed by atoms with Crippen LogP contribution in [0.2, 0.25) is 0 Å². The molecule has 0 unspecified atom stereocenters. The van der Waals surface area contributed by atoms with Crippen LogP contribution in [-0.4, -0.2) is 20.7 Å². The maximum absolute atomic E-state index is 13.5. The number of nitrogens with one attached hydrogen (secondary N) is 1. The Bertz CT molecular complexity index is 1700. The van der Waals surface area contributed by atoms with Crippen LogP contribution in [0.15, 0.2) is 82.5 Å². The number of amides is 1. The van der Waals surface area contributed by atoms with Crippen molar-refractivity contribution in [1.82, 2.24) is 14.8 Å². The second-order valence-corrected chi connectivity index (χ2v) is 8.09. The summed E-state index contributed by atoms with van der Waals surface area (Å²) in [5, 5.41) is 18.3. The maximum atomic E-state index is 13.5. The number of anilines is 1. The Morgan fingerprint density at radius 2 is 1.83 bits per heavy atom. The van der Waals surface area contributed by atoms with Crippen LogP contribution in [0.3, 0.4) is 0 Å². The predicted molar refractivity (Wildman–Crippen MR) is 132 cm³/mol. The van der Waals surface area contributed by atoms with Gasteiger partial charge in [0.15, 0.2) is 12.2 Å². The lowest BCUT2D eigenvalue weighted by Gasteiger charge is -2.14. The lowest BCUT2D eigenvalue weighted by molar-refractivity contribution is -0.114. The molecule has 1 amide bonds. The molecular formula is C27H19N5O3. The van der Waals surface area contributed by atoms with Gasteiger partial charge in [-0.05, 0) is 55.0 Å². The SMILES string of the molecule is CC(=O)Nc1ccc(C#N)c(-n2nc(-c3cc(C)cc(-c4cnco4)c3)c3ccccc3c2=O)c1. The number of carbonyl (C=O) groups excluding carboxylic acids is 1. The molecule has 2 heterocycles. The normalized spacial score (nSPS) is 10.8. The number of carbonyl (C=O) groups is 1. The molecule has 8 heteroatoms. The summed E-state index contributed by atoms with van der Waals surface area (Å²) in [6.45, 7) is 3.35. The van der Waals surface area contributed by atoms with Gasteiger partial charge in [0.2, 0.25) is 5.91 Å². The molecule has 0 saturated carbocycles. The zero-order valence-corrected chi connectivity index (χ0v) is 18.9. The van der Waals surface area contributed by atoms with E-state index in [1.165, 1.54) is 18.0 Å². The summed E-state index contributed by atoms with van der Waals surface area (Å²) >= 11 is 0. The zero-order chi connectivity index (χ0) is 24.5. The standard InChI is InChI=1S/C27H19N5O3/c1-16-9-19(25-14-29-15-35-25)11-20(10-16)26-22-5-3-4-6-23(22)27(34)32(31-26)24-12-21(30-17(2)33)8-7-18(24)13-28/h3-12,14-15H,1-2H3,(H,30,33). The van der Waals surface area contributed by atoms with Gasteiger partial charge in [-0.2, -0.15) is 15.0 Å². The van der Waals surface area contributed by atoms with E-state index in [0.29, 0.717) is 27.9 Å². The van der Waals surface area contributed by atoms with E-state index in [0.717, 1.165) is 16.7 Å². The molecule has 2 aromatic heterocycles. The molecule has 0 aliphatic rings. The van der Waals surface area contributed by atoms with Gasteiger partial charge in [0.25, 0.3) is 5.56 Å². The lowest BCUT2D eigenvalue weighted by Crippen LogP contribution is -2.23. The Morgan fingerprint density at radius 3 is 2.54 bits per heavy atom. The Labute approximate surface area is 200 Å². The van der Waals surface area contributed by atoms with Gasteiger partial charge in [-0.15, -0.1) is 0 Å². The van der Waals surface area contributed by atoms with Gasteiger partial charge in [-0.25, -0.2) is 4.98 Å². The topological polar surface area (TPSA) is 114 Å². The molecule has 0 aliphatic carbocycles. The molecule has 0 spiro atoms. The first-order valence-electron chi connectivity index (χ1n) is 10.8. The molecule has 0 fully saturated rings. The van der Waals surface area contributed by atoms with Crippen LogP contribution in [0.4, 0.5) is 5.69 Å². The molecule has 8 nitrogen and oxygen atoms in total. The van der Waals surface area contributed by atoms with Crippen molar-refractivity contribution in [3.8, 4) is 34.3 Å². The second kappa shape index (κ2) is 8.72. The molecule has 5 rings (SSSR count). The minimum absolute atomic E-state index is 0.251. The van der Waals surface area contributed by atoms with E-state index in [1.807, 2.05) is 37.3 Å². The van der Waals surface area contributed by atoms with Gasteiger partial charge in [0.1, 0.15) is 6.07 Å². The highest BCUT2D eigenvalue weighted by Gasteiger charge is 2.17. The average molecular weight is 461 g/mol. The molecule has 5 aromatic rings. The van der Waals surface area contributed by atoms with Crippen molar-refractivity contribution in [1.29, 1.82) is 5.26 Å². The third-order valence-corrected chi connectivity index (χ3v) is 5.54. The van der Waals surface area contributed by atoms with Crippen molar-refractivity contribution in [3.63, 3.8) is 0 Å². The van der Waals surface area contributed by atoms with E-state index >= 15 is 0 Å². The highest BCUT2D eigenvalue weighted by molar-refractivity contribution is 5.95. The first-order chi connectivity index (χ1) is 16.9. The highest BCUT2D eigenvalue weighted by Crippen LogP contribution is 2.31. The van der Waals surface area contributed by atoms with E-state index in [9.17, 15) is 14.9 Å². The Kier molecular flexibility index (Phi) is 5.43. The molecule has 3 aromatic carbocycles. The van der Waals surface area contributed by atoms with Gasteiger partial charge < -0.3 is 9.73 Å². The molecule has 0 aliphatic heterocycles. The number of aromatic nitrogens is 3. The van der Waals surface area contributed by atoms with Crippen molar-refractivity contribution < 1.29 is 9.21 Å². The van der Waals surface area contributed by atoms with E-state index in [2.05, 4.69) is 16.4 Å².